The number of aliphatic hydroxyl groups is 2. The summed E-state index contributed by atoms with van der Waals surface area (Å²) in [5.74, 6) is -0.0456. The first kappa shape index (κ1) is 14.5. The van der Waals surface area contributed by atoms with E-state index < -0.39 is 12.4 Å². The van der Waals surface area contributed by atoms with Gasteiger partial charge in [0, 0.05) is 12.5 Å². The number of benzene rings is 1. The van der Waals surface area contributed by atoms with Crippen molar-refractivity contribution in [3.63, 3.8) is 0 Å². The number of hydrogen-bond acceptors (Lipinski definition) is 4. The minimum atomic E-state index is -1.05. The summed E-state index contributed by atoms with van der Waals surface area (Å²) in [7, 11) is 0. The highest BCUT2D eigenvalue weighted by Crippen LogP contribution is 2.30. The van der Waals surface area contributed by atoms with Gasteiger partial charge in [-0.25, -0.2) is 0 Å². The molecule has 4 heteroatoms. The zero-order valence-corrected chi connectivity index (χ0v) is 11.2. The van der Waals surface area contributed by atoms with E-state index in [-0.39, 0.29) is 12.0 Å². The Bertz CT molecular complexity index is 368. The van der Waals surface area contributed by atoms with Crippen LogP contribution in [0, 0.1) is 5.92 Å². The van der Waals surface area contributed by atoms with Gasteiger partial charge in [0.2, 0.25) is 0 Å². The van der Waals surface area contributed by atoms with Gasteiger partial charge in [0.1, 0.15) is 6.10 Å². The lowest BCUT2D eigenvalue weighted by molar-refractivity contribution is -0.127. The maximum Gasteiger partial charge on any atom is 0.181 e. The topological polar surface area (TPSA) is 58.9 Å². The zero-order chi connectivity index (χ0) is 13.7. The summed E-state index contributed by atoms with van der Waals surface area (Å²) in [4.78, 5) is 0. The maximum atomic E-state index is 9.84. The third kappa shape index (κ3) is 3.76. The van der Waals surface area contributed by atoms with Gasteiger partial charge in [-0.1, -0.05) is 37.3 Å². The normalized spacial score (nSPS) is 30.7. The molecule has 2 N–H and O–H groups in total. The molecule has 1 fully saturated rings. The third-order valence-electron chi connectivity index (χ3n) is 3.63. The number of aliphatic hydroxyl groups excluding tert-OH is 2. The van der Waals surface area contributed by atoms with E-state index in [0.717, 1.165) is 12.0 Å². The standard InChI is InChI=1S/C15H22O4/c1-2-13-12(14(16)15(17)19-13)8-9-18-10-11-6-4-3-5-7-11/h3-7,12-17H,2,8-10H2,1H3/t12-,13+,14?,15?/m0/s1. The molecule has 0 bridgehead atoms. The average Bonchev–Trinajstić information content (AvgIpc) is 2.72. The molecule has 106 valence electrons. The summed E-state index contributed by atoms with van der Waals surface area (Å²) < 4.78 is 10.9. The molecule has 2 unspecified atom stereocenters. The Balaban J connectivity index is 1.73. The molecule has 4 nitrogen and oxygen atoms in total. The highest BCUT2D eigenvalue weighted by Gasteiger charge is 2.41. The summed E-state index contributed by atoms with van der Waals surface area (Å²) in [5.41, 5.74) is 1.14. The molecule has 1 saturated heterocycles. The smallest absolute Gasteiger partial charge is 0.181 e. The lowest BCUT2D eigenvalue weighted by Crippen LogP contribution is -2.28. The van der Waals surface area contributed by atoms with Gasteiger partial charge in [-0.2, -0.15) is 0 Å². The van der Waals surface area contributed by atoms with Gasteiger partial charge in [0.05, 0.1) is 12.7 Å². The van der Waals surface area contributed by atoms with Gasteiger partial charge in [-0.15, -0.1) is 0 Å². The van der Waals surface area contributed by atoms with E-state index in [2.05, 4.69) is 0 Å². The van der Waals surface area contributed by atoms with E-state index in [1.54, 1.807) is 0 Å². The summed E-state index contributed by atoms with van der Waals surface area (Å²) >= 11 is 0. The molecule has 0 amide bonds. The van der Waals surface area contributed by atoms with Gasteiger partial charge >= 0.3 is 0 Å². The summed E-state index contributed by atoms with van der Waals surface area (Å²) in [5, 5.41) is 19.3. The van der Waals surface area contributed by atoms with Crippen molar-refractivity contribution < 1.29 is 19.7 Å². The summed E-state index contributed by atoms with van der Waals surface area (Å²) in [6, 6.07) is 9.98. The second-order valence-electron chi connectivity index (χ2n) is 4.95. The van der Waals surface area contributed by atoms with Crippen LogP contribution < -0.4 is 0 Å². The lowest BCUT2D eigenvalue weighted by Gasteiger charge is -2.18. The monoisotopic (exact) mass is 266 g/mol. The van der Waals surface area contributed by atoms with Crippen LogP contribution in [0.1, 0.15) is 25.3 Å². The van der Waals surface area contributed by atoms with E-state index in [4.69, 9.17) is 9.47 Å². The molecule has 0 spiro atoms. The van der Waals surface area contributed by atoms with Crippen LogP contribution in [0.3, 0.4) is 0 Å². The Morgan fingerprint density at radius 1 is 1.21 bits per heavy atom. The molecule has 0 aliphatic carbocycles. The van der Waals surface area contributed by atoms with Crippen molar-refractivity contribution in [1.82, 2.24) is 0 Å². The van der Waals surface area contributed by atoms with Crippen molar-refractivity contribution in [2.24, 2.45) is 5.92 Å². The van der Waals surface area contributed by atoms with E-state index in [1.807, 2.05) is 37.3 Å². The predicted octanol–water partition coefficient (Wildman–Crippen LogP) is 1.70. The minimum Gasteiger partial charge on any atom is -0.387 e. The quantitative estimate of drug-likeness (QED) is 0.769. The van der Waals surface area contributed by atoms with Crippen molar-refractivity contribution in [1.29, 1.82) is 0 Å². The van der Waals surface area contributed by atoms with E-state index >= 15 is 0 Å². The predicted molar refractivity (Wildman–Crippen MR) is 71.4 cm³/mol. The fourth-order valence-corrected chi connectivity index (χ4v) is 2.53. The molecule has 0 aromatic heterocycles. The van der Waals surface area contributed by atoms with Gasteiger partial charge in [0.25, 0.3) is 0 Å². The molecule has 1 aromatic rings. The molecule has 1 aromatic carbocycles. The largest absolute Gasteiger partial charge is 0.387 e. The van der Waals surface area contributed by atoms with E-state index in [1.165, 1.54) is 0 Å². The second-order valence-corrected chi connectivity index (χ2v) is 4.95. The van der Waals surface area contributed by atoms with Crippen molar-refractivity contribution >= 4 is 0 Å². The van der Waals surface area contributed by atoms with Gasteiger partial charge in [-0.05, 0) is 18.4 Å². The molecule has 2 rings (SSSR count). The van der Waals surface area contributed by atoms with E-state index in [0.29, 0.717) is 19.6 Å². The van der Waals surface area contributed by atoms with E-state index in [9.17, 15) is 10.2 Å². The third-order valence-corrected chi connectivity index (χ3v) is 3.63. The number of hydrogen-bond donors (Lipinski definition) is 2. The molecule has 1 aliphatic heterocycles. The minimum absolute atomic E-state index is 0.0456. The number of ether oxygens (including phenoxy) is 2. The maximum absolute atomic E-state index is 9.84. The van der Waals surface area contributed by atoms with Crippen molar-refractivity contribution in [3.8, 4) is 0 Å². The Hall–Kier alpha value is -0.940. The van der Waals surface area contributed by atoms with Crippen LogP contribution >= 0.6 is 0 Å². The molecule has 4 atom stereocenters. The molecule has 1 heterocycles. The van der Waals surface area contributed by atoms with Gasteiger partial charge in [0.15, 0.2) is 6.29 Å². The Morgan fingerprint density at radius 3 is 2.63 bits per heavy atom. The van der Waals surface area contributed by atoms with Crippen molar-refractivity contribution in [3.05, 3.63) is 35.9 Å². The van der Waals surface area contributed by atoms with Crippen LogP contribution in [-0.4, -0.2) is 35.3 Å². The van der Waals surface area contributed by atoms with Crippen molar-refractivity contribution in [2.45, 2.75) is 44.9 Å². The van der Waals surface area contributed by atoms with Crippen LogP contribution in [0.5, 0.6) is 0 Å². The van der Waals surface area contributed by atoms with Crippen LogP contribution in [0.2, 0.25) is 0 Å². The summed E-state index contributed by atoms with van der Waals surface area (Å²) in [6.45, 7) is 3.13. The number of rotatable bonds is 6. The van der Waals surface area contributed by atoms with Crippen LogP contribution in [-0.2, 0) is 16.1 Å². The molecule has 0 radical (unpaired) electrons. The molecular formula is C15H22O4. The van der Waals surface area contributed by atoms with Crippen LogP contribution in [0.15, 0.2) is 30.3 Å². The first-order valence-electron chi connectivity index (χ1n) is 6.85. The fourth-order valence-electron chi connectivity index (χ4n) is 2.53. The van der Waals surface area contributed by atoms with Crippen LogP contribution in [0.4, 0.5) is 0 Å². The fraction of sp³-hybridized carbons (Fsp3) is 0.600. The SMILES string of the molecule is CC[C@H]1OC(O)C(O)[C@H]1CCOCc1ccccc1. The highest BCUT2D eigenvalue weighted by atomic mass is 16.6. The van der Waals surface area contributed by atoms with Crippen LogP contribution in [0.25, 0.3) is 0 Å². The Kier molecular flexibility index (Phi) is 5.34. The highest BCUT2D eigenvalue weighted by molar-refractivity contribution is 5.13. The second kappa shape index (κ2) is 7.01. The molecule has 19 heavy (non-hydrogen) atoms. The van der Waals surface area contributed by atoms with Gasteiger partial charge in [-0.3, -0.25) is 0 Å². The average molecular weight is 266 g/mol. The molecular weight excluding hydrogens is 244 g/mol. The first-order chi connectivity index (χ1) is 9.22. The lowest BCUT2D eigenvalue weighted by atomic mass is 9.94. The summed E-state index contributed by atoms with van der Waals surface area (Å²) in [6.07, 6.45) is -0.444. The van der Waals surface area contributed by atoms with Gasteiger partial charge < -0.3 is 19.7 Å². The molecule has 1 aliphatic rings. The Labute approximate surface area is 114 Å². The Morgan fingerprint density at radius 2 is 1.95 bits per heavy atom. The zero-order valence-electron chi connectivity index (χ0n) is 11.2. The first-order valence-corrected chi connectivity index (χ1v) is 6.85. The molecule has 0 saturated carbocycles. The van der Waals surface area contributed by atoms with Crippen molar-refractivity contribution in [2.75, 3.05) is 6.61 Å².